The minimum Gasteiger partial charge on any atom is -0.444 e. The van der Waals surface area contributed by atoms with Crippen LogP contribution in [0.2, 0.25) is 0 Å². The Bertz CT molecular complexity index is 2310. The number of aryl methyl sites for hydroxylation is 2. The molecule has 2 atom stereocenters. The van der Waals surface area contributed by atoms with Gasteiger partial charge in [0.1, 0.15) is 11.6 Å². The van der Waals surface area contributed by atoms with E-state index in [0.717, 1.165) is 32.7 Å². The first-order valence-corrected chi connectivity index (χ1v) is 19.4. The van der Waals surface area contributed by atoms with Crippen molar-refractivity contribution < 1.29 is 19.1 Å². The number of anilines is 1. The maximum atomic E-state index is 15.3. The second-order valence-corrected chi connectivity index (χ2v) is 15.6. The molecule has 0 spiro atoms. The number of carbonyl (C=O) groups is 3. The summed E-state index contributed by atoms with van der Waals surface area (Å²) in [5, 5.41) is 20.2. The summed E-state index contributed by atoms with van der Waals surface area (Å²) in [6.07, 6.45) is 1.52. The van der Waals surface area contributed by atoms with E-state index >= 15 is 4.79 Å². The topological polar surface area (TPSA) is 123 Å². The first kappa shape index (κ1) is 38.2. The lowest BCUT2D eigenvalue weighted by atomic mass is 9.94. The fraction of sp³-hybridized carbons (Fsp3) is 0.333. The van der Waals surface area contributed by atoms with Gasteiger partial charge >= 0.3 is 6.09 Å². The van der Waals surface area contributed by atoms with E-state index in [4.69, 9.17) is 4.74 Å². The largest absolute Gasteiger partial charge is 0.444 e. The molecule has 1 aromatic heterocycles. The van der Waals surface area contributed by atoms with Gasteiger partial charge in [-0.2, -0.15) is 0 Å². The number of piperidine rings is 1. The first-order chi connectivity index (χ1) is 27.0. The van der Waals surface area contributed by atoms with E-state index in [1.807, 2.05) is 119 Å². The molecule has 7 rings (SSSR count). The molecule has 1 aliphatic rings. The zero-order valence-corrected chi connectivity index (χ0v) is 32.5. The molecule has 3 amide bonds. The number of amides is 3. The van der Waals surface area contributed by atoms with Crippen LogP contribution in [-0.2, 0) is 33.7 Å². The predicted octanol–water partition coefficient (Wildman–Crippen LogP) is 7.69. The average Bonchev–Trinajstić information content (AvgIpc) is 3.68. The molecule has 11 heteroatoms. The SMILES string of the molecule is CC(c1nnnn1CCc1ccccc1)N(C(=O)C(Cc1ccc2ccccc2c1)NC(=O)C1CCN(C(=O)OC(C)(C)C)CC1)c1ccc2ccccc2c1. The molecule has 0 saturated carbocycles. The zero-order chi connectivity index (χ0) is 39.2. The van der Waals surface area contributed by atoms with Gasteiger partial charge in [0.15, 0.2) is 5.82 Å². The summed E-state index contributed by atoms with van der Waals surface area (Å²) in [5.74, 6) is -0.338. The summed E-state index contributed by atoms with van der Waals surface area (Å²) in [4.78, 5) is 45.7. The van der Waals surface area contributed by atoms with Crippen molar-refractivity contribution in [3.8, 4) is 0 Å². The summed E-state index contributed by atoms with van der Waals surface area (Å²) in [6, 6.07) is 36.8. The number of likely N-dealkylation sites (tertiary alicyclic amines) is 1. The Balaban J connectivity index is 1.21. The van der Waals surface area contributed by atoms with Gasteiger partial charge in [-0.15, -0.1) is 5.10 Å². The summed E-state index contributed by atoms with van der Waals surface area (Å²) < 4.78 is 7.34. The standard InChI is InChI=1S/C45H49N7O4/c1-31(41-47-48-49-51(41)27-22-32-12-6-5-7-13-32)52(39-21-20-35-15-9-11-17-38(35)30-39)43(54)40(29-33-18-19-34-14-8-10-16-37(34)28-33)46-42(53)36-23-25-50(26-24-36)44(55)56-45(2,3)4/h5-21,28,30-31,36,40H,22-27,29H2,1-4H3,(H,46,53). The van der Waals surface area contributed by atoms with Crippen LogP contribution in [0.4, 0.5) is 10.5 Å². The molecule has 5 aromatic carbocycles. The minimum absolute atomic E-state index is 0.216. The minimum atomic E-state index is -0.921. The van der Waals surface area contributed by atoms with Gasteiger partial charge in [-0.3, -0.25) is 9.59 Å². The number of rotatable bonds is 11. The third kappa shape index (κ3) is 9.05. The Hall–Kier alpha value is -6.10. The Morgan fingerprint density at radius 1 is 0.804 bits per heavy atom. The quantitative estimate of drug-likeness (QED) is 0.144. The number of nitrogens with zero attached hydrogens (tertiary/aromatic N) is 6. The van der Waals surface area contributed by atoms with Crippen molar-refractivity contribution in [3.63, 3.8) is 0 Å². The van der Waals surface area contributed by atoms with Crippen LogP contribution >= 0.6 is 0 Å². The Labute approximate surface area is 327 Å². The van der Waals surface area contributed by atoms with Gasteiger partial charge in [-0.05, 0) is 102 Å². The van der Waals surface area contributed by atoms with Gasteiger partial charge in [-0.25, -0.2) is 9.48 Å². The van der Waals surface area contributed by atoms with Crippen LogP contribution in [0.25, 0.3) is 21.5 Å². The summed E-state index contributed by atoms with van der Waals surface area (Å²) >= 11 is 0. The van der Waals surface area contributed by atoms with Crippen LogP contribution in [0.1, 0.15) is 63.5 Å². The molecule has 1 N–H and O–H groups in total. The number of tetrazole rings is 1. The molecule has 1 fully saturated rings. The molecule has 1 saturated heterocycles. The van der Waals surface area contributed by atoms with Crippen LogP contribution in [0.3, 0.4) is 0 Å². The first-order valence-electron chi connectivity index (χ1n) is 19.4. The van der Waals surface area contributed by atoms with Gasteiger partial charge in [-0.1, -0.05) is 103 Å². The monoisotopic (exact) mass is 751 g/mol. The third-order valence-electron chi connectivity index (χ3n) is 10.4. The van der Waals surface area contributed by atoms with Gasteiger partial charge in [0.05, 0.1) is 6.04 Å². The second-order valence-electron chi connectivity index (χ2n) is 15.6. The Kier molecular flexibility index (Phi) is 11.4. The van der Waals surface area contributed by atoms with E-state index in [1.54, 1.807) is 14.5 Å². The highest BCUT2D eigenvalue weighted by molar-refractivity contribution is 6.02. The predicted molar refractivity (Wildman–Crippen MR) is 218 cm³/mol. The highest BCUT2D eigenvalue weighted by atomic mass is 16.6. The van der Waals surface area contributed by atoms with Crippen molar-refractivity contribution in [3.05, 3.63) is 132 Å². The van der Waals surface area contributed by atoms with E-state index in [-0.39, 0.29) is 30.2 Å². The number of ether oxygens (including phenoxy) is 1. The van der Waals surface area contributed by atoms with Crippen LogP contribution in [-0.4, -0.2) is 67.7 Å². The molecular weight excluding hydrogens is 703 g/mol. The number of benzene rings is 5. The molecular formula is C45H49N7O4. The molecule has 11 nitrogen and oxygen atoms in total. The summed E-state index contributed by atoms with van der Waals surface area (Å²) in [5.41, 5.74) is 2.13. The molecule has 2 heterocycles. The van der Waals surface area contributed by atoms with Crippen molar-refractivity contribution in [2.45, 2.75) is 77.6 Å². The molecule has 1 aliphatic heterocycles. The lowest BCUT2D eigenvalue weighted by Crippen LogP contribution is -2.53. The van der Waals surface area contributed by atoms with Crippen molar-refractivity contribution in [2.75, 3.05) is 18.0 Å². The molecule has 2 unspecified atom stereocenters. The average molecular weight is 752 g/mol. The third-order valence-corrected chi connectivity index (χ3v) is 10.4. The highest BCUT2D eigenvalue weighted by Crippen LogP contribution is 2.31. The molecule has 56 heavy (non-hydrogen) atoms. The smallest absolute Gasteiger partial charge is 0.410 e. The van der Waals surface area contributed by atoms with Crippen LogP contribution in [0.5, 0.6) is 0 Å². The zero-order valence-electron chi connectivity index (χ0n) is 32.5. The fourth-order valence-corrected chi connectivity index (χ4v) is 7.44. The highest BCUT2D eigenvalue weighted by Gasteiger charge is 2.36. The van der Waals surface area contributed by atoms with Crippen molar-refractivity contribution in [1.29, 1.82) is 0 Å². The Morgan fingerprint density at radius 3 is 2.11 bits per heavy atom. The van der Waals surface area contributed by atoms with Gasteiger partial charge in [0, 0.05) is 37.7 Å². The molecule has 0 aliphatic carbocycles. The normalized spacial score (nSPS) is 14.7. The summed E-state index contributed by atoms with van der Waals surface area (Å²) in [7, 11) is 0. The number of hydrogen-bond acceptors (Lipinski definition) is 7. The van der Waals surface area contributed by atoms with Crippen LogP contribution in [0, 0.1) is 5.92 Å². The number of hydrogen-bond donors (Lipinski definition) is 1. The number of nitrogens with one attached hydrogen (secondary N) is 1. The molecule has 6 aromatic rings. The number of fused-ring (bicyclic) bond motifs is 2. The molecule has 0 radical (unpaired) electrons. The van der Waals surface area contributed by atoms with E-state index in [1.165, 1.54) is 0 Å². The maximum Gasteiger partial charge on any atom is 0.410 e. The van der Waals surface area contributed by atoms with Crippen molar-refractivity contribution in [1.82, 2.24) is 30.4 Å². The number of carbonyl (C=O) groups excluding carboxylic acids is 3. The number of aromatic nitrogens is 4. The van der Waals surface area contributed by atoms with Crippen LogP contribution < -0.4 is 10.2 Å². The lowest BCUT2D eigenvalue weighted by molar-refractivity contribution is -0.131. The Morgan fingerprint density at radius 2 is 1.43 bits per heavy atom. The van der Waals surface area contributed by atoms with E-state index < -0.39 is 17.7 Å². The van der Waals surface area contributed by atoms with Gasteiger partial charge in [0.25, 0.3) is 5.91 Å². The van der Waals surface area contributed by atoms with Crippen LogP contribution in [0.15, 0.2) is 115 Å². The molecule has 0 bridgehead atoms. The van der Waals surface area contributed by atoms with Gasteiger partial charge < -0.3 is 19.9 Å². The van der Waals surface area contributed by atoms with E-state index in [0.29, 0.717) is 50.4 Å². The van der Waals surface area contributed by atoms with Crippen molar-refractivity contribution >= 4 is 45.1 Å². The molecule has 288 valence electrons. The second kappa shape index (κ2) is 16.7. The van der Waals surface area contributed by atoms with Gasteiger partial charge in [0.2, 0.25) is 5.91 Å². The van der Waals surface area contributed by atoms with E-state index in [9.17, 15) is 9.59 Å². The van der Waals surface area contributed by atoms with Crippen molar-refractivity contribution in [2.24, 2.45) is 5.92 Å². The van der Waals surface area contributed by atoms with E-state index in [2.05, 4.69) is 45.1 Å². The summed E-state index contributed by atoms with van der Waals surface area (Å²) in [6.45, 7) is 8.75. The maximum absolute atomic E-state index is 15.3. The lowest BCUT2D eigenvalue weighted by Gasteiger charge is -2.35. The fourth-order valence-electron chi connectivity index (χ4n) is 7.44.